The third-order valence-corrected chi connectivity index (χ3v) is 3.50. The van der Waals surface area contributed by atoms with Crippen LogP contribution < -0.4 is 10.6 Å². The van der Waals surface area contributed by atoms with Crippen LogP contribution in [-0.2, 0) is 0 Å². The predicted octanol–water partition coefficient (Wildman–Crippen LogP) is 4.92. The molecule has 24 heavy (non-hydrogen) atoms. The van der Waals surface area contributed by atoms with Crippen LogP contribution >= 0.6 is 0 Å². The van der Waals surface area contributed by atoms with Gasteiger partial charge in [0.25, 0.3) is 0 Å². The van der Waals surface area contributed by atoms with E-state index >= 15 is 0 Å². The van der Waals surface area contributed by atoms with Gasteiger partial charge in [0.15, 0.2) is 0 Å². The number of hydrogen-bond donors (Lipinski definition) is 2. The van der Waals surface area contributed by atoms with Gasteiger partial charge in [0.05, 0.1) is 22.5 Å². The third kappa shape index (κ3) is 3.35. The van der Waals surface area contributed by atoms with Gasteiger partial charge in [-0.05, 0) is 36.4 Å². The van der Waals surface area contributed by atoms with Crippen molar-refractivity contribution in [2.24, 2.45) is 0 Å². The summed E-state index contributed by atoms with van der Waals surface area (Å²) in [6.07, 6.45) is 0. The lowest BCUT2D eigenvalue weighted by molar-refractivity contribution is 1.41. The highest BCUT2D eigenvalue weighted by Gasteiger charge is 2.10. The highest BCUT2D eigenvalue weighted by molar-refractivity contribution is 5.81. The SMILES string of the molecule is N#Cc1cc(Nc2ccccc2)c(Nc2ccccc2)cc1C#N. The fourth-order valence-corrected chi connectivity index (χ4v) is 2.35. The molecule has 3 aromatic carbocycles. The van der Waals surface area contributed by atoms with Crippen molar-refractivity contribution >= 4 is 22.7 Å². The van der Waals surface area contributed by atoms with Crippen LogP contribution in [0.2, 0.25) is 0 Å². The van der Waals surface area contributed by atoms with Crippen LogP contribution in [0, 0.1) is 22.7 Å². The van der Waals surface area contributed by atoms with Gasteiger partial charge in [-0.2, -0.15) is 10.5 Å². The summed E-state index contributed by atoms with van der Waals surface area (Å²) < 4.78 is 0. The first kappa shape index (κ1) is 15.1. The number of rotatable bonds is 4. The molecule has 0 radical (unpaired) electrons. The summed E-state index contributed by atoms with van der Waals surface area (Å²) in [5.74, 6) is 0. The van der Waals surface area contributed by atoms with Crippen molar-refractivity contribution in [3.05, 3.63) is 83.9 Å². The standard InChI is InChI=1S/C20H14N4/c21-13-15-11-19(23-17-7-3-1-4-8-17)20(12-16(15)14-22)24-18-9-5-2-6-10-18/h1-12,23-24H. The van der Waals surface area contributed by atoms with Crippen molar-refractivity contribution < 1.29 is 0 Å². The van der Waals surface area contributed by atoms with Crippen LogP contribution in [0.4, 0.5) is 22.7 Å². The fourth-order valence-electron chi connectivity index (χ4n) is 2.35. The molecule has 2 N–H and O–H groups in total. The molecule has 0 aliphatic heterocycles. The van der Waals surface area contributed by atoms with Crippen LogP contribution in [0.5, 0.6) is 0 Å². The van der Waals surface area contributed by atoms with E-state index in [0.29, 0.717) is 11.1 Å². The lowest BCUT2D eigenvalue weighted by atomic mass is 10.1. The van der Waals surface area contributed by atoms with Gasteiger partial charge in [0, 0.05) is 11.4 Å². The molecule has 0 heterocycles. The Labute approximate surface area is 140 Å². The molecule has 0 atom stereocenters. The van der Waals surface area contributed by atoms with Gasteiger partial charge >= 0.3 is 0 Å². The summed E-state index contributed by atoms with van der Waals surface area (Å²) in [6.45, 7) is 0. The smallest absolute Gasteiger partial charge is 0.101 e. The van der Waals surface area contributed by atoms with Gasteiger partial charge in [0.2, 0.25) is 0 Å². The Morgan fingerprint density at radius 1 is 0.583 bits per heavy atom. The lowest BCUT2D eigenvalue weighted by Crippen LogP contribution is -2.00. The van der Waals surface area contributed by atoms with Gasteiger partial charge in [-0.25, -0.2) is 0 Å². The minimum atomic E-state index is 0.342. The van der Waals surface area contributed by atoms with Crippen LogP contribution in [-0.4, -0.2) is 0 Å². The summed E-state index contributed by atoms with van der Waals surface area (Å²) in [4.78, 5) is 0. The number of benzene rings is 3. The predicted molar refractivity (Wildman–Crippen MR) is 95.3 cm³/mol. The molecule has 0 bridgehead atoms. The van der Waals surface area contributed by atoms with E-state index in [4.69, 9.17) is 0 Å². The summed E-state index contributed by atoms with van der Waals surface area (Å²) in [5.41, 5.74) is 3.97. The van der Waals surface area contributed by atoms with E-state index in [-0.39, 0.29) is 0 Å². The van der Waals surface area contributed by atoms with Crippen molar-refractivity contribution in [3.63, 3.8) is 0 Å². The fraction of sp³-hybridized carbons (Fsp3) is 0. The number of nitriles is 2. The Balaban J connectivity index is 2.04. The average Bonchev–Trinajstić information content (AvgIpc) is 2.64. The zero-order valence-electron chi connectivity index (χ0n) is 12.8. The van der Waals surface area contributed by atoms with E-state index in [1.54, 1.807) is 12.1 Å². The van der Waals surface area contributed by atoms with E-state index in [1.807, 2.05) is 60.7 Å². The Morgan fingerprint density at radius 2 is 0.958 bits per heavy atom. The number of hydrogen-bond acceptors (Lipinski definition) is 4. The molecule has 0 aliphatic rings. The third-order valence-electron chi connectivity index (χ3n) is 3.50. The first-order valence-electron chi connectivity index (χ1n) is 7.42. The van der Waals surface area contributed by atoms with Crippen molar-refractivity contribution in [3.8, 4) is 12.1 Å². The van der Waals surface area contributed by atoms with E-state index in [1.165, 1.54) is 0 Å². The molecule has 0 unspecified atom stereocenters. The monoisotopic (exact) mass is 310 g/mol. The highest BCUT2D eigenvalue weighted by Crippen LogP contribution is 2.31. The number of anilines is 4. The first-order chi connectivity index (χ1) is 11.8. The zero-order chi connectivity index (χ0) is 16.8. The second kappa shape index (κ2) is 7.00. The van der Waals surface area contributed by atoms with E-state index in [2.05, 4.69) is 22.8 Å². The minimum absolute atomic E-state index is 0.342. The number of para-hydroxylation sites is 2. The van der Waals surface area contributed by atoms with Crippen LogP contribution in [0.25, 0.3) is 0 Å². The second-order valence-corrected chi connectivity index (χ2v) is 5.15. The molecule has 3 rings (SSSR count). The largest absolute Gasteiger partial charge is 0.354 e. The first-order valence-corrected chi connectivity index (χ1v) is 7.42. The molecule has 114 valence electrons. The number of nitrogens with zero attached hydrogens (tertiary/aromatic N) is 2. The van der Waals surface area contributed by atoms with Crippen molar-refractivity contribution in [1.29, 1.82) is 10.5 Å². The van der Waals surface area contributed by atoms with Gasteiger partial charge in [-0.1, -0.05) is 36.4 Å². The Hall–Kier alpha value is -3.76. The van der Waals surface area contributed by atoms with Gasteiger partial charge in [0.1, 0.15) is 12.1 Å². The maximum absolute atomic E-state index is 9.27. The summed E-state index contributed by atoms with van der Waals surface area (Å²) >= 11 is 0. The van der Waals surface area contributed by atoms with Crippen LogP contribution in [0.1, 0.15) is 11.1 Å². The van der Waals surface area contributed by atoms with Gasteiger partial charge in [-0.3, -0.25) is 0 Å². The summed E-state index contributed by atoms with van der Waals surface area (Å²) in [6, 6.07) is 26.9. The second-order valence-electron chi connectivity index (χ2n) is 5.15. The van der Waals surface area contributed by atoms with E-state index < -0.39 is 0 Å². The van der Waals surface area contributed by atoms with E-state index in [9.17, 15) is 10.5 Å². The average molecular weight is 310 g/mol. The summed E-state index contributed by atoms with van der Waals surface area (Å²) in [7, 11) is 0. The van der Waals surface area contributed by atoms with Gasteiger partial charge < -0.3 is 10.6 Å². The van der Waals surface area contributed by atoms with Crippen LogP contribution in [0.3, 0.4) is 0 Å². The van der Waals surface area contributed by atoms with Crippen LogP contribution in [0.15, 0.2) is 72.8 Å². The number of nitrogens with one attached hydrogen (secondary N) is 2. The lowest BCUT2D eigenvalue weighted by Gasteiger charge is -2.15. The topological polar surface area (TPSA) is 71.6 Å². The summed E-state index contributed by atoms with van der Waals surface area (Å²) in [5, 5.41) is 25.1. The molecule has 0 spiro atoms. The Morgan fingerprint density at radius 3 is 1.29 bits per heavy atom. The van der Waals surface area contributed by atoms with Gasteiger partial charge in [-0.15, -0.1) is 0 Å². The maximum Gasteiger partial charge on any atom is 0.101 e. The molecule has 4 nitrogen and oxygen atoms in total. The normalized spacial score (nSPS) is 9.58. The molecule has 0 saturated carbocycles. The molecular formula is C20H14N4. The highest BCUT2D eigenvalue weighted by atomic mass is 15.0. The quantitative estimate of drug-likeness (QED) is 0.717. The van der Waals surface area contributed by atoms with E-state index in [0.717, 1.165) is 22.7 Å². The Bertz CT molecular complexity index is 841. The minimum Gasteiger partial charge on any atom is -0.354 e. The molecule has 0 aliphatic carbocycles. The van der Waals surface area contributed by atoms with Crippen molar-refractivity contribution in [2.45, 2.75) is 0 Å². The molecule has 4 heteroatoms. The van der Waals surface area contributed by atoms with Crippen molar-refractivity contribution in [2.75, 3.05) is 10.6 Å². The maximum atomic E-state index is 9.27. The molecule has 0 saturated heterocycles. The van der Waals surface area contributed by atoms with Crippen molar-refractivity contribution in [1.82, 2.24) is 0 Å². The molecule has 0 fully saturated rings. The Kier molecular flexibility index (Phi) is 4.42. The molecule has 0 aromatic heterocycles. The zero-order valence-corrected chi connectivity index (χ0v) is 12.8. The molecule has 0 amide bonds. The molecule has 3 aromatic rings. The molecular weight excluding hydrogens is 296 g/mol.